The van der Waals surface area contributed by atoms with Gasteiger partial charge in [0.2, 0.25) is 5.91 Å². The highest BCUT2D eigenvalue weighted by Gasteiger charge is 2.26. The van der Waals surface area contributed by atoms with Crippen LogP contribution >= 0.6 is 23.1 Å². The number of nitrogens with zero attached hydrogens (tertiary/aromatic N) is 3. The SMILES string of the molecule is CCOC(=O)c1c(NC(=O)CSc2nnc(COc3cc(C)cc(C)c3)n2CC)sc(C(N)=O)c1C. The quantitative estimate of drug-likeness (QED) is 0.281. The lowest BCUT2D eigenvalue weighted by Crippen LogP contribution is -2.17. The van der Waals surface area contributed by atoms with Crippen molar-refractivity contribution in [2.24, 2.45) is 5.73 Å². The standard InChI is InChI=1S/C24H29N5O5S2/c1-6-29-17(11-34-16-9-13(3)8-14(4)10-16)27-28-24(29)35-12-18(30)26-22-19(23(32)33-7-2)15(5)20(36-22)21(25)31/h8-10H,6-7,11-12H2,1-5H3,(H2,25,31)(H,26,30). The van der Waals surface area contributed by atoms with E-state index in [9.17, 15) is 14.4 Å². The fraction of sp³-hybridized carbons (Fsp3) is 0.375. The first-order chi connectivity index (χ1) is 17.1. The highest BCUT2D eigenvalue weighted by Crippen LogP contribution is 2.34. The smallest absolute Gasteiger partial charge is 0.341 e. The molecule has 0 bridgehead atoms. The molecule has 0 aliphatic carbocycles. The number of nitrogens with two attached hydrogens (primary N) is 1. The number of carbonyl (C=O) groups is 3. The lowest BCUT2D eigenvalue weighted by atomic mass is 10.1. The van der Waals surface area contributed by atoms with Crippen LogP contribution in [0.5, 0.6) is 5.75 Å². The van der Waals surface area contributed by atoms with Crippen molar-refractivity contribution in [1.29, 1.82) is 0 Å². The van der Waals surface area contributed by atoms with Crippen LogP contribution < -0.4 is 15.8 Å². The van der Waals surface area contributed by atoms with E-state index in [1.807, 2.05) is 37.5 Å². The number of anilines is 1. The molecular formula is C24H29N5O5S2. The van der Waals surface area contributed by atoms with Crippen molar-refractivity contribution in [3.63, 3.8) is 0 Å². The molecule has 0 spiro atoms. The second kappa shape index (κ2) is 12.0. The Morgan fingerprint density at radius 1 is 1.11 bits per heavy atom. The van der Waals surface area contributed by atoms with Gasteiger partial charge in [0.1, 0.15) is 17.4 Å². The van der Waals surface area contributed by atoms with Crippen molar-refractivity contribution in [3.05, 3.63) is 51.2 Å². The van der Waals surface area contributed by atoms with E-state index in [-0.39, 0.29) is 40.3 Å². The van der Waals surface area contributed by atoms with Gasteiger partial charge in [-0.05, 0) is 63.4 Å². The average Bonchev–Trinajstić information content (AvgIpc) is 3.35. The van der Waals surface area contributed by atoms with Crippen LogP contribution in [0.2, 0.25) is 0 Å². The van der Waals surface area contributed by atoms with Gasteiger partial charge in [0.25, 0.3) is 5.91 Å². The summed E-state index contributed by atoms with van der Waals surface area (Å²) in [4.78, 5) is 37.1. The molecule has 0 radical (unpaired) electrons. The number of hydrogen-bond donors (Lipinski definition) is 2. The molecule has 0 atom stereocenters. The Kier molecular flexibility index (Phi) is 9.10. The lowest BCUT2D eigenvalue weighted by molar-refractivity contribution is -0.113. The first-order valence-corrected chi connectivity index (χ1v) is 13.1. The number of carbonyl (C=O) groups excluding carboxylic acids is 3. The molecule has 10 nitrogen and oxygen atoms in total. The summed E-state index contributed by atoms with van der Waals surface area (Å²) < 4.78 is 12.9. The first kappa shape index (κ1) is 27.2. The summed E-state index contributed by atoms with van der Waals surface area (Å²) in [5, 5.41) is 11.9. The normalized spacial score (nSPS) is 10.8. The molecule has 0 fully saturated rings. The predicted molar refractivity (Wildman–Crippen MR) is 139 cm³/mol. The van der Waals surface area contributed by atoms with Gasteiger partial charge < -0.3 is 25.1 Å². The molecule has 0 saturated carbocycles. The van der Waals surface area contributed by atoms with Crippen molar-refractivity contribution in [3.8, 4) is 5.75 Å². The summed E-state index contributed by atoms with van der Waals surface area (Å²) in [5.41, 5.74) is 8.16. The molecule has 1 aromatic carbocycles. The van der Waals surface area contributed by atoms with Crippen LogP contribution in [0.3, 0.4) is 0 Å². The number of esters is 1. The third-order valence-electron chi connectivity index (χ3n) is 5.11. The number of rotatable bonds is 11. The minimum absolute atomic E-state index is 0.0151. The van der Waals surface area contributed by atoms with Gasteiger partial charge in [0.05, 0.1) is 22.8 Å². The molecule has 0 aliphatic heterocycles. The zero-order valence-electron chi connectivity index (χ0n) is 20.8. The van der Waals surface area contributed by atoms with Gasteiger partial charge in [-0.3, -0.25) is 9.59 Å². The van der Waals surface area contributed by atoms with Gasteiger partial charge in [0.15, 0.2) is 11.0 Å². The van der Waals surface area contributed by atoms with Crippen LogP contribution in [0.1, 0.15) is 56.4 Å². The number of benzene rings is 1. The maximum atomic E-state index is 12.7. The first-order valence-electron chi connectivity index (χ1n) is 11.3. The van der Waals surface area contributed by atoms with Crippen molar-refractivity contribution in [1.82, 2.24) is 14.8 Å². The van der Waals surface area contributed by atoms with E-state index in [4.69, 9.17) is 15.2 Å². The Labute approximate surface area is 217 Å². The average molecular weight is 532 g/mol. The van der Waals surface area contributed by atoms with Crippen molar-refractivity contribution < 1.29 is 23.9 Å². The number of hydrogen-bond acceptors (Lipinski definition) is 9. The molecule has 0 aliphatic rings. The topological polar surface area (TPSA) is 138 Å². The number of aromatic nitrogens is 3. The Morgan fingerprint density at radius 3 is 2.42 bits per heavy atom. The number of primary amides is 1. The number of aryl methyl sites for hydroxylation is 2. The number of thiophene rings is 1. The van der Waals surface area contributed by atoms with E-state index in [1.165, 1.54) is 11.8 Å². The summed E-state index contributed by atoms with van der Waals surface area (Å²) in [6.07, 6.45) is 0. The van der Waals surface area contributed by atoms with E-state index in [0.29, 0.717) is 23.1 Å². The number of ether oxygens (including phenoxy) is 2. The Balaban J connectivity index is 1.68. The molecule has 192 valence electrons. The zero-order valence-corrected chi connectivity index (χ0v) is 22.5. The van der Waals surface area contributed by atoms with E-state index < -0.39 is 11.9 Å². The van der Waals surface area contributed by atoms with Crippen LogP contribution in [-0.4, -0.2) is 44.9 Å². The molecule has 3 rings (SSSR count). The summed E-state index contributed by atoms with van der Waals surface area (Å²) in [5.74, 6) is -0.261. The summed E-state index contributed by atoms with van der Waals surface area (Å²) in [6.45, 7) is 10.2. The molecule has 3 N–H and O–H groups in total. The van der Waals surface area contributed by atoms with Gasteiger partial charge in [0, 0.05) is 6.54 Å². The van der Waals surface area contributed by atoms with Crippen LogP contribution in [0.15, 0.2) is 23.4 Å². The molecule has 36 heavy (non-hydrogen) atoms. The van der Waals surface area contributed by atoms with Crippen LogP contribution in [0.4, 0.5) is 5.00 Å². The van der Waals surface area contributed by atoms with Gasteiger partial charge in [-0.25, -0.2) is 4.79 Å². The molecule has 12 heteroatoms. The highest BCUT2D eigenvalue weighted by atomic mass is 32.2. The molecule has 0 saturated heterocycles. The Bertz CT molecular complexity index is 1260. The van der Waals surface area contributed by atoms with Gasteiger partial charge in [-0.1, -0.05) is 17.8 Å². The van der Waals surface area contributed by atoms with Crippen LogP contribution in [0, 0.1) is 20.8 Å². The summed E-state index contributed by atoms with van der Waals surface area (Å²) in [7, 11) is 0. The van der Waals surface area contributed by atoms with Gasteiger partial charge in [-0.2, -0.15) is 0 Å². The molecular weight excluding hydrogens is 502 g/mol. The second-order valence-corrected chi connectivity index (χ2v) is 9.90. The van der Waals surface area contributed by atoms with Gasteiger partial charge >= 0.3 is 5.97 Å². The monoisotopic (exact) mass is 531 g/mol. The van der Waals surface area contributed by atoms with Crippen molar-refractivity contribution in [2.45, 2.75) is 52.9 Å². The van der Waals surface area contributed by atoms with E-state index in [1.54, 1.807) is 13.8 Å². The Morgan fingerprint density at radius 2 is 1.81 bits per heavy atom. The molecule has 0 unspecified atom stereocenters. The van der Waals surface area contributed by atoms with Crippen LogP contribution in [0.25, 0.3) is 0 Å². The number of thioether (sulfide) groups is 1. The van der Waals surface area contributed by atoms with Crippen molar-refractivity contribution >= 4 is 45.9 Å². The minimum atomic E-state index is -0.676. The predicted octanol–water partition coefficient (Wildman–Crippen LogP) is 3.87. The van der Waals surface area contributed by atoms with Crippen molar-refractivity contribution in [2.75, 3.05) is 17.7 Å². The summed E-state index contributed by atoms with van der Waals surface area (Å²) >= 11 is 2.16. The molecule has 2 amide bonds. The fourth-order valence-electron chi connectivity index (χ4n) is 3.59. The minimum Gasteiger partial charge on any atom is -0.486 e. The maximum Gasteiger partial charge on any atom is 0.341 e. The third kappa shape index (κ3) is 6.43. The van der Waals surface area contributed by atoms with Gasteiger partial charge in [-0.15, -0.1) is 21.5 Å². The molecule has 2 aromatic heterocycles. The third-order valence-corrected chi connectivity index (χ3v) is 7.30. The van der Waals surface area contributed by atoms with E-state index in [0.717, 1.165) is 28.2 Å². The second-order valence-electron chi connectivity index (χ2n) is 7.94. The maximum absolute atomic E-state index is 12.7. The number of amides is 2. The molecule has 2 heterocycles. The zero-order chi connectivity index (χ0) is 26.4. The Hall–Kier alpha value is -3.38. The largest absolute Gasteiger partial charge is 0.486 e. The van der Waals surface area contributed by atoms with E-state index >= 15 is 0 Å². The fourth-order valence-corrected chi connectivity index (χ4v) is 5.48. The van der Waals surface area contributed by atoms with E-state index in [2.05, 4.69) is 21.6 Å². The number of nitrogens with one attached hydrogen (secondary N) is 1. The highest BCUT2D eigenvalue weighted by molar-refractivity contribution is 7.99. The van der Waals surface area contributed by atoms with Crippen LogP contribution in [-0.2, 0) is 22.7 Å². The summed E-state index contributed by atoms with van der Waals surface area (Å²) in [6, 6.07) is 5.99. The lowest BCUT2D eigenvalue weighted by Gasteiger charge is -2.10. The molecule has 3 aromatic rings.